The number of rotatable bonds is 7. The molecule has 1 heterocycles. The van der Waals surface area contributed by atoms with Crippen LogP contribution in [0.5, 0.6) is 0 Å². The minimum absolute atomic E-state index is 0.180. The van der Waals surface area contributed by atoms with Crippen LogP contribution in [0.15, 0.2) is 24.3 Å². The van der Waals surface area contributed by atoms with E-state index in [4.69, 9.17) is 4.74 Å². The molecule has 2 aromatic rings. The van der Waals surface area contributed by atoms with Crippen molar-refractivity contribution in [2.45, 2.75) is 33.7 Å². The molecule has 0 bridgehead atoms. The normalized spacial score (nSPS) is 11.0. The number of imidazole rings is 1. The number of hydrogen-bond acceptors (Lipinski definition) is 4. The molecule has 2 rings (SSSR count). The highest BCUT2D eigenvalue weighted by atomic mass is 16.5. The first kappa shape index (κ1) is 15.4. The van der Waals surface area contributed by atoms with E-state index in [9.17, 15) is 4.79 Å². The summed E-state index contributed by atoms with van der Waals surface area (Å²) in [7, 11) is 0. The van der Waals surface area contributed by atoms with Crippen molar-refractivity contribution in [2.24, 2.45) is 5.92 Å². The highest BCUT2D eigenvalue weighted by Crippen LogP contribution is 2.19. The Balaban J connectivity index is 2.21. The summed E-state index contributed by atoms with van der Waals surface area (Å²) in [5, 5.41) is 3.27. The average molecular weight is 289 g/mol. The van der Waals surface area contributed by atoms with Gasteiger partial charge in [-0.2, -0.15) is 0 Å². The van der Waals surface area contributed by atoms with Crippen molar-refractivity contribution in [3.8, 4) is 0 Å². The van der Waals surface area contributed by atoms with Crippen LogP contribution in [0.25, 0.3) is 11.0 Å². The molecule has 5 heteroatoms. The number of ether oxygens (including phenoxy) is 1. The van der Waals surface area contributed by atoms with Crippen molar-refractivity contribution in [1.29, 1.82) is 0 Å². The molecular formula is C16H23N3O2. The van der Waals surface area contributed by atoms with Crippen LogP contribution in [0.2, 0.25) is 0 Å². The molecule has 1 aromatic heterocycles. The Labute approximate surface area is 125 Å². The monoisotopic (exact) mass is 289 g/mol. The van der Waals surface area contributed by atoms with Gasteiger partial charge in [0.1, 0.15) is 6.54 Å². The lowest BCUT2D eigenvalue weighted by molar-refractivity contribution is -0.145. The van der Waals surface area contributed by atoms with Gasteiger partial charge in [0.2, 0.25) is 5.95 Å². The summed E-state index contributed by atoms with van der Waals surface area (Å²) in [6.45, 7) is 7.59. The standard InChI is InChI=1S/C16H23N3O2/c1-4-9-17-16-18-13-7-5-6-8-14(13)19(16)10-15(20)21-11-12(2)3/h5-8,12H,4,9-11H2,1-3H3,(H,17,18). The number of carbonyl (C=O) groups is 1. The lowest BCUT2D eigenvalue weighted by Gasteiger charge is -2.11. The second-order valence-electron chi connectivity index (χ2n) is 5.51. The van der Waals surface area contributed by atoms with Crippen LogP contribution < -0.4 is 5.32 Å². The molecule has 0 atom stereocenters. The van der Waals surface area contributed by atoms with E-state index in [-0.39, 0.29) is 12.5 Å². The lowest BCUT2D eigenvalue weighted by atomic mass is 10.2. The third-order valence-electron chi connectivity index (χ3n) is 3.05. The van der Waals surface area contributed by atoms with Crippen LogP contribution >= 0.6 is 0 Å². The van der Waals surface area contributed by atoms with Crippen molar-refractivity contribution in [1.82, 2.24) is 9.55 Å². The SMILES string of the molecule is CCCNc1nc2ccccc2n1CC(=O)OCC(C)C. The molecule has 0 spiro atoms. The van der Waals surface area contributed by atoms with Gasteiger partial charge in [0.05, 0.1) is 17.6 Å². The highest BCUT2D eigenvalue weighted by molar-refractivity contribution is 5.81. The van der Waals surface area contributed by atoms with Gasteiger partial charge < -0.3 is 10.1 Å². The third-order valence-corrected chi connectivity index (χ3v) is 3.05. The number of carbonyl (C=O) groups excluding carboxylic acids is 1. The Bertz CT molecular complexity index is 605. The Kier molecular flexibility index (Phi) is 5.20. The first-order valence-electron chi connectivity index (χ1n) is 7.46. The second kappa shape index (κ2) is 7.11. The number of nitrogens with one attached hydrogen (secondary N) is 1. The van der Waals surface area contributed by atoms with Crippen molar-refractivity contribution in [2.75, 3.05) is 18.5 Å². The molecule has 0 saturated carbocycles. The molecule has 0 aliphatic rings. The van der Waals surface area contributed by atoms with E-state index in [0.29, 0.717) is 12.5 Å². The van der Waals surface area contributed by atoms with Crippen molar-refractivity contribution >= 4 is 23.0 Å². The van der Waals surface area contributed by atoms with E-state index < -0.39 is 0 Å². The number of anilines is 1. The topological polar surface area (TPSA) is 56.2 Å². The van der Waals surface area contributed by atoms with E-state index in [1.54, 1.807) is 0 Å². The van der Waals surface area contributed by atoms with Gasteiger partial charge in [-0.25, -0.2) is 4.98 Å². The molecule has 1 aromatic carbocycles. The van der Waals surface area contributed by atoms with Gasteiger partial charge in [-0.3, -0.25) is 9.36 Å². The van der Waals surface area contributed by atoms with Crippen LogP contribution in [-0.4, -0.2) is 28.7 Å². The number of nitrogens with zero attached hydrogens (tertiary/aromatic N) is 2. The zero-order valence-corrected chi connectivity index (χ0v) is 12.9. The summed E-state index contributed by atoms with van der Waals surface area (Å²) in [6, 6.07) is 7.81. The predicted molar refractivity (Wildman–Crippen MR) is 84.3 cm³/mol. The third kappa shape index (κ3) is 3.97. The average Bonchev–Trinajstić information content (AvgIpc) is 2.81. The molecule has 0 aliphatic carbocycles. The molecule has 114 valence electrons. The largest absolute Gasteiger partial charge is 0.464 e. The summed E-state index contributed by atoms with van der Waals surface area (Å²) < 4.78 is 7.15. The van der Waals surface area contributed by atoms with E-state index in [1.165, 1.54) is 0 Å². The van der Waals surface area contributed by atoms with Gasteiger partial charge in [-0.1, -0.05) is 32.9 Å². The molecule has 0 unspecified atom stereocenters. The molecule has 0 amide bonds. The molecule has 21 heavy (non-hydrogen) atoms. The van der Waals surface area contributed by atoms with Gasteiger partial charge in [0.15, 0.2) is 0 Å². The quantitative estimate of drug-likeness (QED) is 0.796. The Hall–Kier alpha value is -2.04. The Morgan fingerprint density at radius 3 is 2.86 bits per heavy atom. The van der Waals surface area contributed by atoms with Gasteiger partial charge in [-0.05, 0) is 24.5 Å². The van der Waals surface area contributed by atoms with E-state index in [0.717, 1.165) is 29.9 Å². The maximum Gasteiger partial charge on any atom is 0.326 e. The number of fused-ring (bicyclic) bond motifs is 1. The summed E-state index contributed by atoms with van der Waals surface area (Å²) in [5.41, 5.74) is 1.82. The zero-order valence-electron chi connectivity index (χ0n) is 12.9. The molecule has 0 aliphatic heterocycles. The number of para-hydroxylation sites is 2. The smallest absolute Gasteiger partial charge is 0.326 e. The summed E-state index contributed by atoms with van der Waals surface area (Å²) >= 11 is 0. The first-order chi connectivity index (χ1) is 10.1. The molecule has 0 fully saturated rings. The molecular weight excluding hydrogens is 266 g/mol. The number of aromatic nitrogens is 2. The highest BCUT2D eigenvalue weighted by Gasteiger charge is 2.14. The van der Waals surface area contributed by atoms with E-state index in [1.807, 2.05) is 42.7 Å². The van der Waals surface area contributed by atoms with E-state index in [2.05, 4.69) is 17.2 Å². The lowest BCUT2D eigenvalue weighted by Crippen LogP contribution is -2.18. The Morgan fingerprint density at radius 2 is 2.14 bits per heavy atom. The minimum Gasteiger partial charge on any atom is -0.464 e. The fourth-order valence-corrected chi connectivity index (χ4v) is 2.04. The van der Waals surface area contributed by atoms with Gasteiger partial charge >= 0.3 is 5.97 Å². The maximum absolute atomic E-state index is 12.0. The Morgan fingerprint density at radius 1 is 1.38 bits per heavy atom. The number of hydrogen-bond donors (Lipinski definition) is 1. The minimum atomic E-state index is -0.230. The number of esters is 1. The van der Waals surface area contributed by atoms with Crippen LogP contribution in [0.1, 0.15) is 27.2 Å². The van der Waals surface area contributed by atoms with Crippen LogP contribution in [0.4, 0.5) is 5.95 Å². The predicted octanol–water partition coefficient (Wildman–Crippen LogP) is 3.06. The van der Waals surface area contributed by atoms with Crippen LogP contribution in [0, 0.1) is 5.92 Å². The fourth-order valence-electron chi connectivity index (χ4n) is 2.04. The van der Waals surface area contributed by atoms with Crippen LogP contribution in [0.3, 0.4) is 0 Å². The summed E-state index contributed by atoms with van der Waals surface area (Å²) in [5.74, 6) is 0.831. The number of benzene rings is 1. The second-order valence-corrected chi connectivity index (χ2v) is 5.51. The maximum atomic E-state index is 12.0. The van der Waals surface area contributed by atoms with Crippen molar-refractivity contribution in [3.05, 3.63) is 24.3 Å². The molecule has 0 radical (unpaired) electrons. The van der Waals surface area contributed by atoms with E-state index >= 15 is 0 Å². The van der Waals surface area contributed by atoms with Crippen LogP contribution in [-0.2, 0) is 16.1 Å². The molecule has 0 saturated heterocycles. The van der Waals surface area contributed by atoms with Crippen molar-refractivity contribution < 1.29 is 9.53 Å². The summed E-state index contributed by atoms with van der Waals surface area (Å²) in [6.07, 6.45) is 1.00. The van der Waals surface area contributed by atoms with Gasteiger partial charge in [0.25, 0.3) is 0 Å². The first-order valence-corrected chi connectivity index (χ1v) is 7.46. The fraction of sp³-hybridized carbons (Fsp3) is 0.500. The van der Waals surface area contributed by atoms with Crippen molar-refractivity contribution in [3.63, 3.8) is 0 Å². The van der Waals surface area contributed by atoms with Gasteiger partial charge in [0, 0.05) is 6.54 Å². The molecule has 1 N–H and O–H groups in total. The molecule has 5 nitrogen and oxygen atoms in total. The zero-order chi connectivity index (χ0) is 15.2. The summed E-state index contributed by atoms with van der Waals surface area (Å²) in [4.78, 5) is 16.5. The van der Waals surface area contributed by atoms with Gasteiger partial charge in [-0.15, -0.1) is 0 Å².